The van der Waals surface area contributed by atoms with Gasteiger partial charge in [-0.05, 0) is 31.5 Å². The molecule has 116 valence electrons. The van der Waals surface area contributed by atoms with Crippen LogP contribution in [0.5, 0.6) is 0 Å². The molecule has 2 rings (SSSR count). The Morgan fingerprint density at radius 1 is 1.10 bits per heavy atom. The molecular formula is C15H20Cl2N2O2. The summed E-state index contributed by atoms with van der Waals surface area (Å²) in [5.41, 5.74) is 0.398. The van der Waals surface area contributed by atoms with Crippen molar-refractivity contribution in [2.24, 2.45) is 0 Å². The molecule has 1 fully saturated rings. The Morgan fingerprint density at radius 3 is 2.29 bits per heavy atom. The first-order valence-corrected chi connectivity index (χ1v) is 7.95. The van der Waals surface area contributed by atoms with Crippen LogP contribution in [0, 0.1) is 0 Å². The zero-order chi connectivity index (χ0) is 15.2. The summed E-state index contributed by atoms with van der Waals surface area (Å²) in [4.78, 5) is 16.6. The second-order valence-electron chi connectivity index (χ2n) is 5.16. The Balaban J connectivity index is 1.91. The number of piperazine rings is 1. The van der Waals surface area contributed by atoms with E-state index < -0.39 is 0 Å². The van der Waals surface area contributed by atoms with Crippen molar-refractivity contribution in [1.29, 1.82) is 0 Å². The number of hydrogen-bond acceptors (Lipinski definition) is 3. The van der Waals surface area contributed by atoms with Gasteiger partial charge in [0, 0.05) is 32.8 Å². The highest BCUT2D eigenvalue weighted by molar-refractivity contribution is 6.39. The van der Waals surface area contributed by atoms with Crippen LogP contribution in [-0.2, 0) is 0 Å². The molecule has 0 bridgehead atoms. The van der Waals surface area contributed by atoms with Crippen molar-refractivity contribution in [2.45, 2.75) is 12.8 Å². The molecule has 1 saturated heterocycles. The van der Waals surface area contributed by atoms with Crippen molar-refractivity contribution in [3.05, 3.63) is 33.8 Å². The van der Waals surface area contributed by atoms with Crippen molar-refractivity contribution in [3.63, 3.8) is 0 Å². The van der Waals surface area contributed by atoms with Crippen LogP contribution in [0.3, 0.4) is 0 Å². The van der Waals surface area contributed by atoms with Gasteiger partial charge in [-0.15, -0.1) is 0 Å². The second-order valence-corrected chi connectivity index (χ2v) is 5.98. The fraction of sp³-hybridized carbons (Fsp3) is 0.533. The molecule has 0 saturated carbocycles. The first kappa shape index (κ1) is 16.6. The summed E-state index contributed by atoms with van der Waals surface area (Å²) in [5.74, 6) is -0.0967. The van der Waals surface area contributed by atoms with E-state index in [0.717, 1.165) is 32.5 Å². The van der Waals surface area contributed by atoms with Gasteiger partial charge in [0.25, 0.3) is 5.91 Å². The van der Waals surface area contributed by atoms with Gasteiger partial charge in [-0.2, -0.15) is 0 Å². The van der Waals surface area contributed by atoms with Gasteiger partial charge >= 0.3 is 0 Å². The number of benzene rings is 1. The second kappa shape index (κ2) is 7.99. The lowest BCUT2D eigenvalue weighted by molar-refractivity contribution is 0.0634. The van der Waals surface area contributed by atoms with Gasteiger partial charge in [-0.3, -0.25) is 9.69 Å². The molecule has 0 radical (unpaired) electrons. The van der Waals surface area contributed by atoms with E-state index in [1.807, 2.05) is 0 Å². The van der Waals surface area contributed by atoms with Gasteiger partial charge < -0.3 is 10.0 Å². The largest absolute Gasteiger partial charge is 0.396 e. The summed E-state index contributed by atoms with van der Waals surface area (Å²) in [7, 11) is 0. The van der Waals surface area contributed by atoms with E-state index in [2.05, 4.69) is 4.90 Å². The molecular weight excluding hydrogens is 311 g/mol. The van der Waals surface area contributed by atoms with Crippen LogP contribution in [0.1, 0.15) is 23.2 Å². The maximum Gasteiger partial charge on any atom is 0.256 e. The molecule has 0 spiro atoms. The van der Waals surface area contributed by atoms with Gasteiger partial charge in [0.15, 0.2) is 0 Å². The highest BCUT2D eigenvalue weighted by Gasteiger charge is 2.24. The maximum atomic E-state index is 12.5. The van der Waals surface area contributed by atoms with Crippen LogP contribution in [0.25, 0.3) is 0 Å². The SMILES string of the molecule is O=C(c1c(Cl)cccc1Cl)N1CCN(CCCCO)CC1. The summed E-state index contributed by atoms with van der Waals surface area (Å²) in [6, 6.07) is 5.11. The van der Waals surface area contributed by atoms with E-state index in [-0.39, 0.29) is 12.5 Å². The third-order valence-electron chi connectivity index (χ3n) is 3.72. The molecule has 1 aromatic rings. The lowest BCUT2D eigenvalue weighted by Crippen LogP contribution is -2.49. The van der Waals surface area contributed by atoms with Crippen LogP contribution < -0.4 is 0 Å². The number of halogens is 2. The number of hydrogen-bond donors (Lipinski definition) is 1. The number of unbranched alkanes of at least 4 members (excludes halogenated alkanes) is 1. The zero-order valence-corrected chi connectivity index (χ0v) is 13.4. The minimum Gasteiger partial charge on any atom is -0.396 e. The van der Waals surface area contributed by atoms with E-state index in [1.165, 1.54) is 0 Å². The molecule has 6 heteroatoms. The van der Waals surface area contributed by atoms with Gasteiger partial charge in [0.1, 0.15) is 0 Å². The fourth-order valence-corrected chi connectivity index (χ4v) is 3.04. The predicted octanol–water partition coefficient (Wildman–Crippen LogP) is 2.52. The number of rotatable bonds is 5. The molecule has 1 amide bonds. The van der Waals surface area contributed by atoms with Crippen molar-refractivity contribution in [2.75, 3.05) is 39.3 Å². The van der Waals surface area contributed by atoms with Crippen molar-refractivity contribution >= 4 is 29.1 Å². The van der Waals surface area contributed by atoms with Crippen molar-refractivity contribution in [3.8, 4) is 0 Å². The molecule has 0 aliphatic carbocycles. The van der Waals surface area contributed by atoms with Gasteiger partial charge in [0.2, 0.25) is 0 Å². The lowest BCUT2D eigenvalue weighted by atomic mass is 10.1. The average molecular weight is 331 g/mol. The molecule has 1 aromatic carbocycles. The van der Waals surface area contributed by atoms with E-state index in [9.17, 15) is 4.79 Å². The first-order chi connectivity index (χ1) is 10.1. The van der Waals surface area contributed by atoms with Crippen LogP contribution in [0.4, 0.5) is 0 Å². The normalized spacial score (nSPS) is 16.2. The molecule has 21 heavy (non-hydrogen) atoms. The predicted molar refractivity (Wildman–Crippen MR) is 85.1 cm³/mol. The lowest BCUT2D eigenvalue weighted by Gasteiger charge is -2.35. The Morgan fingerprint density at radius 2 is 1.71 bits per heavy atom. The monoisotopic (exact) mass is 330 g/mol. The summed E-state index contributed by atoms with van der Waals surface area (Å²) < 4.78 is 0. The topological polar surface area (TPSA) is 43.8 Å². The summed E-state index contributed by atoms with van der Waals surface area (Å²) in [5, 5.41) is 9.59. The minimum absolute atomic E-state index is 0.0967. The molecule has 1 aliphatic rings. The van der Waals surface area contributed by atoms with Crippen LogP contribution >= 0.6 is 23.2 Å². The Labute approximate surface area is 135 Å². The van der Waals surface area contributed by atoms with Crippen molar-refractivity contribution < 1.29 is 9.90 Å². The highest BCUT2D eigenvalue weighted by atomic mass is 35.5. The maximum absolute atomic E-state index is 12.5. The van der Waals surface area contributed by atoms with Crippen molar-refractivity contribution in [1.82, 2.24) is 9.80 Å². The number of aliphatic hydroxyl groups is 1. The highest BCUT2D eigenvalue weighted by Crippen LogP contribution is 2.26. The average Bonchev–Trinajstić information content (AvgIpc) is 2.48. The summed E-state index contributed by atoms with van der Waals surface area (Å²) >= 11 is 12.2. The Hall–Kier alpha value is -0.810. The minimum atomic E-state index is -0.0967. The molecule has 0 aromatic heterocycles. The quantitative estimate of drug-likeness (QED) is 0.843. The fourth-order valence-electron chi connectivity index (χ4n) is 2.48. The van der Waals surface area contributed by atoms with Gasteiger partial charge in [0.05, 0.1) is 15.6 Å². The standard InChI is InChI=1S/C15H20Cl2N2O2/c16-12-4-3-5-13(17)14(12)15(21)19-9-7-18(8-10-19)6-1-2-11-20/h3-5,20H,1-2,6-11H2. The van der Waals surface area contributed by atoms with E-state index in [1.54, 1.807) is 23.1 Å². The van der Waals surface area contributed by atoms with E-state index in [0.29, 0.717) is 28.7 Å². The number of carbonyl (C=O) groups excluding carboxylic acids is 1. The van der Waals surface area contributed by atoms with Gasteiger partial charge in [-0.25, -0.2) is 0 Å². The third-order valence-corrected chi connectivity index (χ3v) is 4.35. The Bertz CT molecular complexity index is 468. The molecule has 1 aliphatic heterocycles. The van der Waals surface area contributed by atoms with Gasteiger partial charge in [-0.1, -0.05) is 29.3 Å². The smallest absolute Gasteiger partial charge is 0.256 e. The molecule has 1 heterocycles. The summed E-state index contributed by atoms with van der Waals surface area (Å²) in [6.07, 6.45) is 1.81. The number of nitrogens with zero attached hydrogens (tertiary/aromatic N) is 2. The van der Waals surface area contributed by atoms with E-state index >= 15 is 0 Å². The molecule has 1 N–H and O–H groups in total. The Kier molecular flexibility index (Phi) is 6.30. The van der Waals surface area contributed by atoms with E-state index in [4.69, 9.17) is 28.3 Å². The number of amides is 1. The number of aliphatic hydroxyl groups excluding tert-OH is 1. The third kappa shape index (κ3) is 4.33. The molecule has 0 unspecified atom stereocenters. The van der Waals surface area contributed by atoms with Crippen LogP contribution in [0.15, 0.2) is 18.2 Å². The summed E-state index contributed by atoms with van der Waals surface area (Å²) in [6.45, 7) is 4.26. The molecule has 4 nitrogen and oxygen atoms in total. The molecule has 0 atom stereocenters. The number of carbonyl (C=O) groups is 1. The van der Waals surface area contributed by atoms with Crippen LogP contribution in [-0.4, -0.2) is 60.1 Å². The zero-order valence-electron chi connectivity index (χ0n) is 11.9. The first-order valence-electron chi connectivity index (χ1n) is 7.20. The van der Waals surface area contributed by atoms with Crippen LogP contribution in [0.2, 0.25) is 10.0 Å².